The number of allylic oxidation sites excluding steroid dienone is 1. The smallest absolute Gasteiger partial charge is 0.186 e. The van der Waals surface area contributed by atoms with Crippen molar-refractivity contribution in [3.05, 3.63) is 24.0 Å². The van der Waals surface area contributed by atoms with Gasteiger partial charge < -0.3 is 0 Å². The molecular weight excluding hydrogens is 248 g/mol. The lowest BCUT2D eigenvalue weighted by atomic mass is 9.51. The van der Waals surface area contributed by atoms with E-state index in [-0.39, 0.29) is 0 Å². The van der Waals surface area contributed by atoms with Crippen molar-refractivity contribution in [2.75, 3.05) is 0 Å². The molecule has 0 radical (unpaired) electrons. The zero-order valence-electron chi connectivity index (χ0n) is 11.7. The Bertz CT molecular complexity index is 552. The average Bonchev–Trinajstić information content (AvgIpc) is 2.81. The monoisotopic (exact) mass is 268 g/mol. The largest absolute Gasteiger partial charge is 0.244 e. The maximum absolute atomic E-state index is 9.36. The first-order valence-corrected chi connectivity index (χ1v) is 7.74. The van der Waals surface area contributed by atoms with Gasteiger partial charge in [0.05, 0.1) is 12.2 Å². The Morgan fingerprint density at radius 3 is 2.40 bits per heavy atom. The molecule has 4 bridgehead atoms. The molecule has 0 unspecified atom stereocenters. The van der Waals surface area contributed by atoms with Gasteiger partial charge in [-0.05, 0) is 55.8 Å². The van der Waals surface area contributed by atoms with Crippen LogP contribution in [0.25, 0.3) is 0 Å². The van der Waals surface area contributed by atoms with E-state index in [1.165, 1.54) is 32.1 Å². The quantitative estimate of drug-likeness (QED) is 0.792. The standard InChI is InChI=1S/C16H20N4/c1-2-3-20-16(14(9-17)18-19-20)15-12-5-10-4-11(7-12)8-13(15)6-10/h2,10-13,15H,1,3-8H2. The number of rotatable bonds is 3. The molecule has 4 aliphatic carbocycles. The highest BCUT2D eigenvalue weighted by molar-refractivity contribution is 5.30. The van der Waals surface area contributed by atoms with Gasteiger partial charge in [0.25, 0.3) is 0 Å². The molecule has 0 spiro atoms. The summed E-state index contributed by atoms with van der Waals surface area (Å²) >= 11 is 0. The van der Waals surface area contributed by atoms with Gasteiger partial charge in [-0.15, -0.1) is 11.7 Å². The summed E-state index contributed by atoms with van der Waals surface area (Å²) in [6.07, 6.45) is 8.69. The van der Waals surface area contributed by atoms with Crippen LogP contribution in [-0.2, 0) is 6.54 Å². The molecule has 104 valence electrons. The maximum Gasteiger partial charge on any atom is 0.186 e. The Kier molecular flexibility index (Phi) is 2.70. The molecule has 0 atom stereocenters. The van der Waals surface area contributed by atoms with E-state index in [4.69, 9.17) is 0 Å². The molecule has 4 heteroatoms. The molecule has 4 saturated carbocycles. The zero-order valence-corrected chi connectivity index (χ0v) is 11.7. The fourth-order valence-corrected chi connectivity index (χ4v) is 5.36. The second kappa shape index (κ2) is 4.44. The molecule has 0 aliphatic heterocycles. The van der Waals surface area contributed by atoms with Crippen LogP contribution in [0.1, 0.15) is 49.4 Å². The molecule has 4 fully saturated rings. The first-order valence-electron chi connectivity index (χ1n) is 7.74. The Morgan fingerprint density at radius 2 is 1.85 bits per heavy atom. The topological polar surface area (TPSA) is 54.5 Å². The third-order valence-corrected chi connectivity index (χ3v) is 5.72. The van der Waals surface area contributed by atoms with Gasteiger partial charge in [-0.1, -0.05) is 11.3 Å². The summed E-state index contributed by atoms with van der Waals surface area (Å²) < 4.78 is 1.92. The maximum atomic E-state index is 9.36. The minimum absolute atomic E-state index is 0.507. The number of nitrogens with zero attached hydrogens (tertiary/aromatic N) is 4. The van der Waals surface area contributed by atoms with Gasteiger partial charge in [0.2, 0.25) is 0 Å². The summed E-state index contributed by atoms with van der Waals surface area (Å²) in [5.74, 6) is 3.90. The van der Waals surface area contributed by atoms with Crippen LogP contribution in [-0.4, -0.2) is 15.0 Å². The van der Waals surface area contributed by atoms with Crippen LogP contribution >= 0.6 is 0 Å². The number of aromatic nitrogens is 3. The van der Waals surface area contributed by atoms with Gasteiger partial charge in [-0.25, -0.2) is 4.68 Å². The lowest BCUT2D eigenvalue weighted by molar-refractivity contribution is -0.00558. The van der Waals surface area contributed by atoms with E-state index in [0.717, 1.165) is 29.4 Å². The molecule has 0 N–H and O–H groups in total. The number of nitriles is 1. The molecule has 4 nitrogen and oxygen atoms in total. The third-order valence-electron chi connectivity index (χ3n) is 5.72. The molecular formula is C16H20N4. The molecule has 0 aromatic carbocycles. The Hall–Kier alpha value is -1.63. The van der Waals surface area contributed by atoms with Crippen molar-refractivity contribution in [3.63, 3.8) is 0 Å². The van der Waals surface area contributed by atoms with Gasteiger partial charge in [0.1, 0.15) is 6.07 Å². The summed E-state index contributed by atoms with van der Waals surface area (Å²) in [4.78, 5) is 0. The molecule has 1 aromatic rings. The van der Waals surface area contributed by atoms with Crippen molar-refractivity contribution < 1.29 is 0 Å². The third kappa shape index (κ3) is 1.65. The lowest BCUT2D eigenvalue weighted by Crippen LogP contribution is -2.44. The van der Waals surface area contributed by atoms with Crippen molar-refractivity contribution in [2.45, 2.75) is 44.6 Å². The van der Waals surface area contributed by atoms with Crippen LogP contribution in [0.5, 0.6) is 0 Å². The van der Waals surface area contributed by atoms with Crippen LogP contribution in [0.2, 0.25) is 0 Å². The van der Waals surface area contributed by atoms with E-state index in [2.05, 4.69) is 23.0 Å². The SMILES string of the molecule is C=CCn1nnc(C#N)c1C1C2CC3CC(C2)CC1C3. The number of hydrogen-bond acceptors (Lipinski definition) is 3. The van der Waals surface area contributed by atoms with Gasteiger partial charge in [-0.3, -0.25) is 0 Å². The van der Waals surface area contributed by atoms with Crippen molar-refractivity contribution >= 4 is 0 Å². The van der Waals surface area contributed by atoms with Crippen molar-refractivity contribution in [1.82, 2.24) is 15.0 Å². The van der Waals surface area contributed by atoms with Gasteiger partial charge in [0.15, 0.2) is 5.69 Å². The molecule has 0 amide bonds. The Balaban J connectivity index is 1.75. The minimum Gasteiger partial charge on any atom is -0.244 e. The minimum atomic E-state index is 0.507. The molecule has 20 heavy (non-hydrogen) atoms. The molecule has 4 aliphatic rings. The van der Waals surface area contributed by atoms with E-state index in [1.54, 1.807) is 0 Å². The summed E-state index contributed by atoms with van der Waals surface area (Å²) in [5, 5.41) is 17.6. The highest BCUT2D eigenvalue weighted by Gasteiger charge is 2.50. The van der Waals surface area contributed by atoms with Crippen molar-refractivity contribution in [1.29, 1.82) is 5.26 Å². The second-order valence-electron chi connectivity index (χ2n) is 6.86. The average molecular weight is 268 g/mol. The summed E-state index contributed by atoms with van der Waals surface area (Å²) in [7, 11) is 0. The summed E-state index contributed by atoms with van der Waals surface area (Å²) in [6.45, 7) is 4.46. The van der Waals surface area contributed by atoms with E-state index in [1.807, 2.05) is 10.8 Å². The molecule has 0 saturated heterocycles. The predicted octanol–water partition coefficient (Wildman–Crippen LogP) is 2.88. The van der Waals surface area contributed by atoms with Crippen molar-refractivity contribution in [3.8, 4) is 6.07 Å². The highest BCUT2D eigenvalue weighted by atomic mass is 15.4. The normalized spacial score (nSPS) is 37.9. The number of hydrogen-bond donors (Lipinski definition) is 0. The Labute approximate surface area is 119 Å². The van der Waals surface area contributed by atoms with Crippen LogP contribution < -0.4 is 0 Å². The molecule has 1 aromatic heterocycles. The first-order chi connectivity index (χ1) is 9.80. The lowest BCUT2D eigenvalue weighted by Gasteiger charge is -2.54. The van der Waals surface area contributed by atoms with Gasteiger partial charge in [0, 0.05) is 5.92 Å². The predicted molar refractivity (Wildman–Crippen MR) is 74.7 cm³/mol. The fourth-order valence-electron chi connectivity index (χ4n) is 5.36. The van der Waals surface area contributed by atoms with E-state index in [0.29, 0.717) is 18.2 Å². The molecule has 5 rings (SSSR count). The van der Waals surface area contributed by atoms with E-state index < -0.39 is 0 Å². The van der Waals surface area contributed by atoms with Crippen LogP contribution in [0.15, 0.2) is 12.7 Å². The Morgan fingerprint density at radius 1 is 1.20 bits per heavy atom. The van der Waals surface area contributed by atoms with E-state index in [9.17, 15) is 5.26 Å². The van der Waals surface area contributed by atoms with Crippen LogP contribution in [0.3, 0.4) is 0 Å². The fraction of sp³-hybridized carbons (Fsp3) is 0.688. The van der Waals surface area contributed by atoms with Crippen LogP contribution in [0, 0.1) is 35.0 Å². The van der Waals surface area contributed by atoms with Crippen LogP contribution in [0.4, 0.5) is 0 Å². The van der Waals surface area contributed by atoms with Crippen molar-refractivity contribution in [2.24, 2.45) is 23.7 Å². The summed E-state index contributed by atoms with van der Waals surface area (Å²) in [5.41, 5.74) is 1.64. The van der Waals surface area contributed by atoms with Gasteiger partial charge >= 0.3 is 0 Å². The first kappa shape index (κ1) is 12.1. The second-order valence-corrected chi connectivity index (χ2v) is 6.86. The highest BCUT2D eigenvalue weighted by Crippen LogP contribution is 2.59. The zero-order chi connectivity index (χ0) is 13.7. The summed E-state index contributed by atoms with van der Waals surface area (Å²) in [6, 6.07) is 2.25. The van der Waals surface area contributed by atoms with Gasteiger partial charge in [-0.2, -0.15) is 5.26 Å². The van der Waals surface area contributed by atoms with E-state index >= 15 is 0 Å². The molecule has 1 heterocycles.